The Labute approximate surface area is 142 Å². The third-order valence-electron chi connectivity index (χ3n) is 2.42. The summed E-state index contributed by atoms with van der Waals surface area (Å²) >= 11 is 1.45. The van der Waals surface area contributed by atoms with Gasteiger partial charge in [0.2, 0.25) is 0 Å². The molecule has 20 heavy (non-hydrogen) atoms. The molecule has 2 rings (SSSR count). The Balaban J connectivity index is 0.00000200. The van der Waals surface area contributed by atoms with Crippen molar-refractivity contribution in [2.45, 2.75) is 18.0 Å². The minimum Gasteiger partial charge on any atom is -0.746 e. The van der Waals surface area contributed by atoms with Gasteiger partial charge >= 0.3 is 29.6 Å². The predicted octanol–water partition coefficient (Wildman–Crippen LogP) is -1.86. The maximum Gasteiger partial charge on any atom is 1.00 e. The second kappa shape index (κ2) is 7.92. The van der Waals surface area contributed by atoms with Crippen LogP contribution in [0.5, 0.6) is 11.5 Å². The summed E-state index contributed by atoms with van der Waals surface area (Å²) < 4.78 is 59.7. The molecule has 108 valence electrons. The van der Waals surface area contributed by atoms with E-state index in [1.807, 2.05) is 5.38 Å². The predicted molar refractivity (Wildman–Crippen MR) is 64.3 cm³/mol. The van der Waals surface area contributed by atoms with E-state index in [4.69, 9.17) is 14.2 Å². The van der Waals surface area contributed by atoms with Crippen LogP contribution in [0.15, 0.2) is 10.8 Å². The summed E-state index contributed by atoms with van der Waals surface area (Å²) in [6, 6.07) is 0. The second-order valence-corrected chi connectivity index (χ2v) is 6.16. The number of hydrogen-bond acceptors (Lipinski definition) is 7. The molecule has 0 N–H and O–H groups in total. The van der Waals surface area contributed by atoms with Gasteiger partial charge in [-0.15, -0.1) is 11.3 Å². The van der Waals surface area contributed by atoms with Crippen LogP contribution < -0.4 is 39.0 Å². The third-order valence-corrected chi connectivity index (χ3v) is 3.98. The summed E-state index contributed by atoms with van der Waals surface area (Å²) in [5.41, 5.74) is -2.43. The van der Waals surface area contributed by atoms with Crippen molar-refractivity contribution in [3.63, 3.8) is 0 Å². The zero-order valence-electron chi connectivity index (χ0n) is 10.8. The fourth-order valence-corrected chi connectivity index (χ4v) is 2.53. The Morgan fingerprint density at radius 1 is 1.50 bits per heavy atom. The van der Waals surface area contributed by atoms with Crippen LogP contribution in [0.25, 0.3) is 0 Å². The molecule has 0 radical (unpaired) electrons. The van der Waals surface area contributed by atoms with E-state index in [-0.39, 0.29) is 48.9 Å². The summed E-state index contributed by atoms with van der Waals surface area (Å²) in [6.07, 6.45) is -0.813. The van der Waals surface area contributed by atoms with Gasteiger partial charge in [-0.2, -0.15) is 0 Å². The first-order chi connectivity index (χ1) is 8.97. The quantitative estimate of drug-likeness (QED) is 0.345. The average Bonchev–Trinajstić information content (AvgIpc) is 2.80. The van der Waals surface area contributed by atoms with Crippen molar-refractivity contribution in [2.24, 2.45) is 0 Å². The largest absolute Gasteiger partial charge is 1.00 e. The molecule has 1 aromatic heterocycles. The van der Waals surface area contributed by atoms with Gasteiger partial charge in [0, 0.05) is 17.2 Å². The van der Waals surface area contributed by atoms with E-state index in [0.717, 1.165) is 0 Å². The van der Waals surface area contributed by atoms with Crippen molar-refractivity contribution in [3.05, 3.63) is 10.8 Å². The van der Waals surface area contributed by atoms with Gasteiger partial charge in [-0.1, -0.05) is 0 Å². The molecule has 2 heterocycles. The van der Waals surface area contributed by atoms with Gasteiger partial charge in [0.05, 0.1) is 13.2 Å². The molecule has 2 atom stereocenters. The van der Waals surface area contributed by atoms with Crippen molar-refractivity contribution in [3.8, 4) is 11.5 Å². The molecule has 0 fully saturated rings. The summed E-state index contributed by atoms with van der Waals surface area (Å²) in [6.45, 7) is 0.280. The molecule has 0 aliphatic carbocycles. The average molecular weight is 334 g/mol. The minimum atomic E-state index is -4.89. The first-order valence-corrected chi connectivity index (χ1v) is 7.90. The van der Waals surface area contributed by atoms with Crippen molar-refractivity contribution >= 4 is 21.5 Å². The van der Waals surface area contributed by atoms with Gasteiger partial charge in [0.25, 0.3) is 0 Å². The number of halogens is 1. The molecule has 0 bridgehead atoms. The van der Waals surface area contributed by atoms with E-state index in [0.29, 0.717) is 18.1 Å². The summed E-state index contributed by atoms with van der Waals surface area (Å²) in [4.78, 5) is 0. The maximum absolute atomic E-state index is 12.8. The minimum absolute atomic E-state index is 0. The molecule has 1 aliphatic rings. The molecular weight excluding hydrogens is 322 g/mol. The number of thiophene rings is 1. The Hall–Kier alpha value is 0.1000. The first kappa shape index (κ1) is 18.1. The van der Waals surface area contributed by atoms with Crippen LogP contribution in [-0.2, 0) is 14.9 Å². The molecule has 1 aliphatic heterocycles. The van der Waals surface area contributed by atoms with E-state index < -0.39 is 22.0 Å². The van der Waals surface area contributed by atoms with Gasteiger partial charge in [0.15, 0.2) is 23.1 Å². The number of hydrogen-bond donors (Lipinski definition) is 0. The molecule has 0 amide bonds. The summed E-state index contributed by atoms with van der Waals surface area (Å²) in [5.74, 6) is 1.32. The van der Waals surface area contributed by atoms with Gasteiger partial charge in [-0.25, -0.2) is 12.8 Å². The van der Waals surface area contributed by atoms with E-state index >= 15 is 0 Å². The molecule has 1 aromatic rings. The molecule has 0 aromatic carbocycles. The zero-order valence-corrected chi connectivity index (χ0v) is 14.4. The zero-order chi connectivity index (χ0) is 13.9. The number of ether oxygens (including phenoxy) is 3. The van der Waals surface area contributed by atoms with Gasteiger partial charge in [0.1, 0.15) is 16.7 Å². The molecule has 0 saturated carbocycles. The third kappa shape index (κ3) is 5.14. The SMILES string of the molecule is O=S(=O)([O-])C(F)CCOCC1COc2cscc2O1.[Na+]. The van der Waals surface area contributed by atoms with Crippen LogP contribution in [0.4, 0.5) is 4.39 Å². The Morgan fingerprint density at radius 3 is 2.90 bits per heavy atom. The van der Waals surface area contributed by atoms with E-state index in [1.54, 1.807) is 5.38 Å². The Morgan fingerprint density at radius 2 is 2.20 bits per heavy atom. The summed E-state index contributed by atoms with van der Waals surface area (Å²) in [7, 11) is -4.89. The number of alkyl halides is 1. The first-order valence-electron chi connectivity index (χ1n) is 5.49. The van der Waals surface area contributed by atoms with E-state index in [9.17, 15) is 17.4 Å². The Bertz CT molecular complexity index is 520. The maximum atomic E-state index is 12.8. The molecule has 0 spiro atoms. The molecule has 2 unspecified atom stereocenters. The molecule has 10 heteroatoms. The molecule has 0 saturated heterocycles. The fourth-order valence-electron chi connectivity index (χ4n) is 1.48. The monoisotopic (exact) mass is 334 g/mol. The summed E-state index contributed by atoms with van der Waals surface area (Å²) in [5, 5.41) is 3.61. The smallest absolute Gasteiger partial charge is 0.746 e. The van der Waals surface area contributed by atoms with E-state index in [2.05, 4.69) is 0 Å². The van der Waals surface area contributed by atoms with Crippen LogP contribution in [0, 0.1) is 0 Å². The second-order valence-electron chi connectivity index (χ2n) is 3.92. The normalized spacial score (nSPS) is 19.2. The topological polar surface area (TPSA) is 84.9 Å². The van der Waals surface area contributed by atoms with Crippen LogP contribution in [0.2, 0.25) is 0 Å². The van der Waals surface area contributed by atoms with Crippen molar-refractivity contribution in [1.82, 2.24) is 0 Å². The van der Waals surface area contributed by atoms with Crippen molar-refractivity contribution < 1.29 is 61.1 Å². The number of rotatable bonds is 6. The van der Waals surface area contributed by atoms with Crippen molar-refractivity contribution in [1.29, 1.82) is 0 Å². The van der Waals surface area contributed by atoms with Crippen LogP contribution in [0.3, 0.4) is 0 Å². The molecule has 6 nitrogen and oxygen atoms in total. The Kier molecular flexibility index (Phi) is 7.19. The van der Waals surface area contributed by atoms with Crippen molar-refractivity contribution in [2.75, 3.05) is 19.8 Å². The van der Waals surface area contributed by atoms with Gasteiger partial charge < -0.3 is 18.8 Å². The number of fused-ring (bicyclic) bond motifs is 1. The van der Waals surface area contributed by atoms with Gasteiger partial charge in [-0.05, 0) is 0 Å². The van der Waals surface area contributed by atoms with Crippen LogP contribution in [0.1, 0.15) is 6.42 Å². The van der Waals surface area contributed by atoms with E-state index in [1.165, 1.54) is 11.3 Å². The van der Waals surface area contributed by atoms with Crippen LogP contribution >= 0.6 is 11.3 Å². The fraction of sp³-hybridized carbons (Fsp3) is 0.600. The van der Waals surface area contributed by atoms with Gasteiger partial charge in [-0.3, -0.25) is 0 Å². The van der Waals surface area contributed by atoms with Crippen LogP contribution in [-0.4, -0.2) is 44.4 Å². The molecular formula is C10H12FNaO6S2. The standard InChI is InChI=1S/C10H13FO6S2.Na/c11-10(19(12,13)14)1-2-15-3-7-4-16-8-5-18-6-9(8)17-7;/h5-7,10H,1-4H2,(H,12,13,14);/q;+1/p-1.